The highest BCUT2D eigenvalue weighted by Gasteiger charge is 2.22. The SMILES string of the molecule is CC(C)Oc1ccc(OCC2CC2)cc1O. The van der Waals surface area contributed by atoms with Gasteiger partial charge in [0.1, 0.15) is 5.75 Å². The van der Waals surface area contributed by atoms with Gasteiger partial charge in [-0.05, 0) is 44.7 Å². The summed E-state index contributed by atoms with van der Waals surface area (Å²) in [5, 5.41) is 9.72. The van der Waals surface area contributed by atoms with Crippen molar-refractivity contribution in [2.75, 3.05) is 6.61 Å². The van der Waals surface area contributed by atoms with Gasteiger partial charge in [-0.15, -0.1) is 0 Å². The monoisotopic (exact) mass is 222 g/mol. The number of ether oxygens (including phenoxy) is 2. The van der Waals surface area contributed by atoms with Crippen LogP contribution in [0, 0.1) is 5.92 Å². The summed E-state index contributed by atoms with van der Waals surface area (Å²) in [6.45, 7) is 4.61. The fraction of sp³-hybridized carbons (Fsp3) is 0.538. The van der Waals surface area contributed by atoms with Crippen LogP contribution in [0.25, 0.3) is 0 Å². The highest BCUT2D eigenvalue weighted by atomic mass is 16.5. The minimum atomic E-state index is 0.0594. The Balaban J connectivity index is 1.97. The third kappa shape index (κ3) is 3.05. The molecule has 0 saturated heterocycles. The van der Waals surface area contributed by atoms with Crippen molar-refractivity contribution in [3.8, 4) is 17.2 Å². The second-order valence-corrected chi connectivity index (χ2v) is 4.55. The van der Waals surface area contributed by atoms with E-state index in [1.165, 1.54) is 12.8 Å². The molecular weight excluding hydrogens is 204 g/mol. The van der Waals surface area contributed by atoms with Gasteiger partial charge in [0, 0.05) is 6.07 Å². The van der Waals surface area contributed by atoms with E-state index in [4.69, 9.17) is 9.47 Å². The minimum absolute atomic E-state index is 0.0594. The number of aromatic hydroxyl groups is 1. The van der Waals surface area contributed by atoms with Gasteiger partial charge in [-0.3, -0.25) is 0 Å². The van der Waals surface area contributed by atoms with Gasteiger partial charge in [-0.25, -0.2) is 0 Å². The lowest BCUT2D eigenvalue weighted by atomic mass is 10.3. The summed E-state index contributed by atoms with van der Waals surface area (Å²) in [7, 11) is 0. The Morgan fingerprint density at radius 3 is 2.69 bits per heavy atom. The molecule has 3 heteroatoms. The predicted octanol–water partition coefficient (Wildman–Crippen LogP) is 2.97. The van der Waals surface area contributed by atoms with Crippen LogP contribution in [0.3, 0.4) is 0 Å². The van der Waals surface area contributed by atoms with Crippen molar-refractivity contribution in [2.24, 2.45) is 5.92 Å². The number of benzene rings is 1. The molecule has 1 aromatic rings. The highest BCUT2D eigenvalue weighted by molar-refractivity contribution is 5.44. The van der Waals surface area contributed by atoms with Crippen molar-refractivity contribution in [1.29, 1.82) is 0 Å². The van der Waals surface area contributed by atoms with Crippen molar-refractivity contribution in [1.82, 2.24) is 0 Å². The van der Waals surface area contributed by atoms with E-state index >= 15 is 0 Å². The fourth-order valence-electron chi connectivity index (χ4n) is 1.44. The number of rotatable bonds is 5. The quantitative estimate of drug-likeness (QED) is 0.832. The Morgan fingerprint density at radius 1 is 1.38 bits per heavy atom. The van der Waals surface area contributed by atoms with Gasteiger partial charge in [0.15, 0.2) is 11.5 Å². The minimum Gasteiger partial charge on any atom is -0.504 e. The molecule has 1 fully saturated rings. The van der Waals surface area contributed by atoms with Crippen LogP contribution in [-0.2, 0) is 0 Å². The maximum Gasteiger partial charge on any atom is 0.161 e. The van der Waals surface area contributed by atoms with Crippen molar-refractivity contribution >= 4 is 0 Å². The van der Waals surface area contributed by atoms with Crippen molar-refractivity contribution in [3.05, 3.63) is 18.2 Å². The molecule has 0 heterocycles. The van der Waals surface area contributed by atoms with Crippen LogP contribution in [0.15, 0.2) is 18.2 Å². The molecule has 1 aromatic carbocycles. The van der Waals surface area contributed by atoms with Crippen molar-refractivity contribution < 1.29 is 14.6 Å². The van der Waals surface area contributed by atoms with E-state index in [0.717, 1.165) is 6.61 Å². The van der Waals surface area contributed by atoms with Gasteiger partial charge < -0.3 is 14.6 Å². The molecule has 0 atom stereocenters. The van der Waals surface area contributed by atoms with Gasteiger partial charge in [-0.1, -0.05) is 0 Å². The first-order valence-corrected chi connectivity index (χ1v) is 5.77. The third-order valence-electron chi connectivity index (χ3n) is 2.48. The summed E-state index contributed by atoms with van der Waals surface area (Å²) in [5.74, 6) is 2.07. The number of phenolic OH excluding ortho intramolecular Hbond substituents is 1. The van der Waals surface area contributed by atoms with E-state index in [1.54, 1.807) is 12.1 Å². The summed E-state index contributed by atoms with van der Waals surface area (Å²) in [6.07, 6.45) is 2.59. The lowest BCUT2D eigenvalue weighted by molar-refractivity contribution is 0.230. The first-order chi connectivity index (χ1) is 7.65. The third-order valence-corrected chi connectivity index (χ3v) is 2.48. The second-order valence-electron chi connectivity index (χ2n) is 4.55. The molecule has 88 valence electrons. The lowest BCUT2D eigenvalue weighted by Crippen LogP contribution is -2.05. The molecule has 0 unspecified atom stereocenters. The largest absolute Gasteiger partial charge is 0.504 e. The highest BCUT2D eigenvalue weighted by Crippen LogP contribution is 2.33. The van der Waals surface area contributed by atoms with Crippen molar-refractivity contribution in [2.45, 2.75) is 32.8 Å². The van der Waals surface area contributed by atoms with E-state index in [1.807, 2.05) is 19.9 Å². The number of hydrogen-bond acceptors (Lipinski definition) is 3. The second kappa shape index (κ2) is 4.64. The number of phenols is 1. The van der Waals surface area contributed by atoms with Crippen LogP contribution >= 0.6 is 0 Å². The maximum absolute atomic E-state index is 9.72. The van der Waals surface area contributed by atoms with Crippen LogP contribution in [0.5, 0.6) is 17.2 Å². The summed E-state index contributed by atoms with van der Waals surface area (Å²) in [5.41, 5.74) is 0. The smallest absolute Gasteiger partial charge is 0.161 e. The Morgan fingerprint density at radius 2 is 2.12 bits per heavy atom. The first kappa shape index (κ1) is 11.1. The molecule has 1 aliphatic rings. The fourth-order valence-corrected chi connectivity index (χ4v) is 1.44. The molecule has 3 nitrogen and oxygen atoms in total. The molecule has 0 spiro atoms. The van der Waals surface area contributed by atoms with Gasteiger partial charge in [-0.2, -0.15) is 0 Å². The Kier molecular flexibility index (Phi) is 3.22. The summed E-state index contributed by atoms with van der Waals surface area (Å²) in [4.78, 5) is 0. The summed E-state index contributed by atoms with van der Waals surface area (Å²) >= 11 is 0. The van der Waals surface area contributed by atoms with Crippen LogP contribution in [0.2, 0.25) is 0 Å². The van der Waals surface area contributed by atoms with E-state index < -0.39 is 0 Å². The Bertz CT molecular complexity index is 356. The van der Waals surface area contributed by atoms with Crippen LogP contribution < -0.4 is 9.47 Å². The van der Waals surface area contributed by atoms with Gasteiger partial charge in [0.2, 0.25) is 0 Å². The van der Waals surface area contributed by atoms with Crippen molar-refractivity contribution in [3.63, 3.8) is 0 Å². The van der Waals surface area contributed by atoms with E-state index in [9.17, 15) is 5.11 Å². The zero-order chi connectivity index (χ0) is 11.5. The molecular formula is C13H18O3. The van der Waals surface area contributed by atoms with Gasteiger partial charge >= 0.3 is 0 Å². The molecule has 0 aromatic heterocycles. The Labute approximate surface area is 96.0 Å². The molecule has 1 N–H and O–H groups in total. The zero-order valence-electron chi connectivity index (χ0n) is 9.77. The van der Waals surface area contributed by atoms with E-state index in [-0.39, 0.29) is 11.9 Å². The normalized spacial score (nSPS) is 15.2. The molecule has 0 bridgehead atoms. The van der Waals surface area contributed by atoms with E-state index in [0.29, 0.717) is 17.4 Å². The average molecular weight is 222 g/mol. The molecule has 0 aliphatic heterocycles. The van der Waals surface area contributed by atoms with Gasteiger partial charge in [0.25, 0.3) is 0 Å². The predicted molar refractivity (Wildman–Crippen MR) is 62.1 cm³/mol. The molecule has 1 aliphatic carbocycles. The van der Waals surface area contributed by atoms with E-state index in [2.05, 4.69) is 0 Å². The Hall–Kier alpha value is -1.38. The molecule has 0 amide bonds. The maximum atomic E-state index is 9.72. The van der Waals surface area contributed by atoms with Crippen LogP contribution in [-0.4, -0.2) is 17.8 Å². The molecule has 16 heavy (non-hydrogen) atoms. The van der Waals surface area contributed by atoms with Crippen LogP contribution in [0.1, 0.15) is 26.7 Å². The summed E-state index contributed by atoms with van der Waals surface area (Å²) in [6, 6.07) is 5.19. The standard InChI is InChI=1S/C13H18O3/c1-9(2)16-13-6-5-11(7-12(13)14)15-8-10-3-4-10/h5-7,9-10,14H,3-4,8H2,1-2H3. The number of hydrogen-bond donors (Lipinski definition) is 1. The average Bonchev–Trinajstić information content (AvgIpc) is 3.02. The lowest BCUT2D eigenvalue weighted by Gasteiger charge is -2.12. The molecule has 1 saturated carbocycles. The molecule has 0 radical (unpaired) electrons. The van der Waals surface area contributed by atoms with Gasteiger partial charge in [0.05, 0.1) is 12.7 Å². The summed E-state index contributed by atoms with van der Waals surface area (Å²) < 4.78 is 11.0. The first-order valence-electron chi connectivity index (χ1n) is 5.77. The topological polar surface area (TPSA) is 38.7 Å². The van der Waals surface area contributed by atoms with Crippen LogP contribution in [0.4, 0.5) is 0 Å². The zero-order valence-corrected chi connectivity index (χ0v) is 9.77. The molecule has 2 rings (SSSR count).